The summed E-state index contributed by atoms with van der Waals surface area (Å²) in [6, 6.07) is 20.1. The highest BCUT2D eigenvalue weighted by Crippen LogP contribution is 2.42. The maximum absolute atomic E-state index is 11.6. The molecule has 0 saturated heterocycles. The van der Waals surface area contributed by atoms with Gasteiger partial charge >= 0.3 is 11.9 Å². The van der Waals surface area contributed by atoms with Gasteiger partial charge in [0.1, 0.15) is 0 Å². The van der Waals surface area contributed by atoms with Crippen LogP contribution in [0.5, 0.6) is 0 Å². The van der Waals surface area contributed by atoms with Gasteiger partial charge in [-0.3, -0.25) is 0 Å². The second-order valence-corrected chi connectivity index (χ2v) is 6.47. The summed E-state index contributed by atoms with van der Waals surface area (Å²) in [4.78, 5) is 25.1. The summed E-state index contributed by atoms with van der Waals surface area (Å²) >= 11 is 0. The van der Waals surface area contributed by atoms with Crippen molar-refractivity contribution in [3.8, 4) is 0 Å². The first-order valence-corrected chi connectivity index (χ1v) is 8.62. The molecule has 0 radical (unpaired) electrons. The van der Waals surface area contributed by atoms with Crippen LogP contribution in [0.2, 0.25) is 0 Å². The number of benzene rings is 3. The number of aryl methyl sites for hydroxylation is 2. The van der Waals surface area contributed by atoms with Gasteiger partial charge in [-0.2, -0.15) is 0 Å². The van der Waals surface area contributed by atoms with Crippen molar-refractivity contribution >= 4 is 29.0 Å². The Morgan fingerprint density at radius 2 is 1.15 bits per heavy atom. The molecule has 4 rings (SSSR count). The molecule has 0 amide bonds. The lowest BCUT2D eigenvalue weighted by Gasteiger charge is -2.27. The van der Waals surface area contributed by atoms with Gasteiger partial charge in [-0.1, -0.05) is 36.4 Å². The number of para-hydroxylation sites is 2. The SMILES string of the molecule is O=C(O)c1cc(C(=O)O)cc(N2c3ccccc3CCc3ccccc32)c1. The maximum atomic E-state index is 11.6. The number of hydrogen-bond acceptors (Lipinski definition) is 3. The van der Waals surface area contributed by atoms with E-state index >= 15 is 0 Å². The van der Waals surface area contributed by atoms with Gasteiger partial charge in [0.15, 0.2) is 0 Å². The molecular weight excluding hydrogens is 342 g/mol. The van der Waals surface area contributed by atoms with Crippen LogP contribution in [0, 0.1) is 0 Å². The third kappa shape index (κ3) is 3.04. The average molecular weight is 359 g/mol. The molecule has 0 fully saturated rings. The molecule has 2 N–H and O–H groups in total. The van der Waals surface area contributed by atoms with Crippen LogP contribution in [-0.4, -0.2) is 22.2 Å². The van der Waals surface area contributed by atoms with Crippen LogP contribution in [0.3, 0.4) is 0 Å². The molecule has 1 heterocycles. The van der Waals surface area contributed by atoms with Crippen molar-refractivity contribution < 1.29 is 19.8 Å². The van der Waals surface area contributed by atoms with E-state index in [0.29, 0.717) is 5.69 Å². The normalized spacial score (nSPS) is 12.7. The molecule has 0 atom stereocenters. The predicted molar refractivity (Wildman–Crippen MR) is 102 cm³/mol. The first-order chi connectivity index (χ1) is 13.0. The summed E-state index contributed by atoms with van der Waals surface area (Å²) < 4.78 is 0. The van der Waals surface area contributed by atoms with Crippen molar-refractivity contribution in [2.75, 3.05) is 4.90 Å². The van der Waals surface area contributed by atoms with Gasteiger partial charge in [0.2, 0.25) is 0 Å². The number of hydrogen-bond donors (Lipinski definition) is 2. The minimum atomic E-state index is -1.16. The lowest BCUT2D eigenvalue weighted by molar-refractivity contribution is 0.0696. The summed E-state index contributed by atoms with van der Waals surface area (Å²) in [5.74, 6) is -2.31. The molecule has 134 valence electrons. The summed E-state index contributed by atoms with van der Waals surface area (Å²) in [6.07, 6.45) is 1.71. The topological polar surface area (TPSA) is 77.8 Å². The van der Waals surface area contributed by atoms with Crippen LogP contribution >= 0.6 is 0 Å². The molecule has 0 unspecified atom stereocenters. The number of nitrogens with zero attached hydrogens (tertiary/aromatic N) is 1. The second-order valence-electron chi connectivity index (χ2n) is 6.47. The smallest absolute Gasteiger partial charge is 0.335 e. The van der Waals surface area contributed by atoms with Gasteiger partial charge in [-0.05, 0) is 54.3 Å². The lowest BCUT2D eigenvalue weighted by atomic mass is 10.0. The molecular formula is C22H17NO4. The molecule has 3 aromatic carbocycles. The third-order valence-corrected chi connectivity index (χ3v) is 4.80. The molecule has 5 nitrogen and oxygen atoms in total. The molecule has 0 aromatic heterocycles. The Hall–Kier alpha value is -3.60. The van der Waals surface area contributed by atoms with Gasteiger partial charge in [-0.15, -0.1) is 0 Å². The van der Waals surface area contributed by atoms with Crippen molar-refractivity contribution in [2.24, 2.45) is 0 Å². The Bertz CT molecular complexity index is 978. The Morgan fingerprint density at radius 3 is 1.59 bits per heavy atom. The number of rotatable bonds is 3. The Morgan fingerprint density at radius 1 is 0.704 bits per heavy atom. The zero-order valence-electron chi connectivity index (χ0n) is 14.4. The fourth-order valence-electron chi connectivity index (χ4n) is 3.55. The maximum Gasteiger partial charge on any atom is 0.335 e. The fourth-order valence-corrected chi connectivity index (χ4v) is 3.55. The van der Waals surface area contributed by atoms with E-state index in [2.05, 4.69) is 0 Å². The van der Waals surface area contributed by atoms with Crippen molar-refractivity contribution in [1.82, 2.24) is 0 Å². The molecule has 5 heteroatoms. The van der Waals surface area contributed by atoms with Crippen LogP contribution in [-0.2, 0) is 12.8 Å². The van der Waals surface area contributed by atoms with Crippen LogP contribution in [0.4, 0.5) is 17.1 Å². The quantitative estimate of drug-likeness (QED) is 0.712. The fraction of sp³-hybridized carbons (Fsp3) is 0.0909. The zero-order chi connectivity index (χ0) is 19.0. The van der Waals surface area contributed by atoms with Crippen LogP contribution < -0.4 is 4.90 Å². The summed E-state index contributed by atoms with van der Waals surface area (Å²) in [5, 5.41) is 18.9. The number of fused-ring (bicyclic) bond motifs is 2. The molecule has 0 saturated carbocycles. The van der Waals surface area contributed by atoms with Crippen molar-refractivity contribution in [3.63, 3.8) is 0 Å². The molecule has 1 aliphatic rings. The Balaban J connectivity index is 2.01. The minimum absolute atomic E-state index is 0.0518. The van der Waals surface area contributed by atoms with Gasteiger partial charge in [-0.25, -0.2) is 9.59 Å². The molecule has 3 aromatic rings. The predicted octanol–water partition coefficient (Wildman–Crippen LogP) is 4.65. The number of carboxylic acid groups (broad SMARTS) is 2. The van der Waals surface area contributed by atoms with E-state index in [4.69, 9.17) is 0 Å². The highest BCUT2D eigenvalue weighted by atomic mass is 16.4. The van der Waals surface area contributed by atoms with Gasteiger partial charge in [0.25, 0.3) is 0 Å². The molecule has 0 spiro atoms. The number of aromatic carboxylic acids is 2. The average Bonchev–Trinajstić information content (AvgIpc) is 2.84. The van der Waals surface area contributed by atoms with E-state index in [9.17, 15) is 19.8 Å². The van der Waals surface area contributed by atoms with E-state index < -0.39 is 11.9 Å². The molecule has 0 bridgehead atoms. The van der Waals surface area contributed by atoms with Gasteiger partial charge < -0.3 is 15.1 Å². The van der Waals surface area contributed by atoms with Gasteiger partial charge in [0.05, 0.1) is 11.1 Å². The third-order valence-electron chi connectivity index (χ3n) is 4.80. The summed E-state index contributed by atoms with van der Waals surface area (Å²) in [5.41, 5.74) is 4.54. The van der Waals surface area contributed by atoms with Gasteiger partial charge in [0, 0.05) is 17.1 Å². The number of carboxylic acids is 2. The Kier molecular flexibility index (Phi) is 4.12. The van der Waals surface area contributed by atoms with Crippen LogP contribution in [0.1, 0.15) is 31.8 Å². The number of anilines is 3. The van der Waals surface area contributed by atoms with Crippen LogP contribution in [0.15, 0.2) is 66.7 Å². The summed E-state index contributed by atoms with van der Waals surface area (Å²) in [7, 11) is 0. The first kappa shape index (κ1) is 16.8. The minimum Gasteiger partial charge on any atom is -0.478 e. The van der Waals surface area contributed by atoms with E-state index in [0.717, 1.165) is 35.3 Å². The highest BCUT2D eigenvalue weighted by molar-refractivity contribution is 5.97. The molecule has 27 heavy (non-hydrogen) atoms. The van der Waals surface area contributed by atoms with Crippen LogP contribution in [0.25, 0.3) is 0 Å². The zero-order valence-corrected chi connectivity index (χ0v) is 14.4. The van der Waals surface area contributed by atoms with Crippen molar-refractivity contribution in [2.45, 2.75) is 12.8 Å². The largest absolute Gasteiger partial charge is 0.478 e. The van der Waals surface area contributed by atoms with E-state index in [1.54, 1.807) is 0 Å². The lowest BCUT2D eigenvalue weighted by Crippen LogP contribution is -2.14. The summed E-state index contributed by atoms with van der Waals surface area (Å²) in [6.45, 7) is 0. The molecule has 0 aliphatic carbocycles. The highest BCUT2D eigenvalue weighted by Gasteiger charge is 2.23. The van der Waals surface area contributed by atoms with E-state index in [-0.39, 0.29) is 11.1 Å². The van der Waals surface area contributed by atoms with Crippen molar-refractivity contribution in [1.29, 1.82) is 0 Å². The first-order valence-electron chi connectivity index (χ1n) is 8.62. The van der Waals surface area contributed by atoms with Crippen molar-refractivity contribution in [3.05, 3.63) is 89.0 Å². The Labute approximate surface area is 156 Å². The second kappa shape index (κ2) is 6.61. The number of carbonyl (C=O) groups is 2. The van der Waals surface area contributed by atoms with E-state index in [1.807, 2.05) is 53.4 Å². The van der Waals surface area contributed by atoms with E-state index in [1.165, 1.54) is 18.2 Å². The molecule has 1 aliphatic heterocycles. The standard InChI is InChI=1S/C22H17NO4/c24-21(25)16-11-17(22(26)27)13-18(12-16)23-19-7-3-1-5-14(19)9-10-15-6-2-4-8-20(15)23/h1-8,11-13H,9-10H2,(H,24,25)(H,26,27). The monoisotopic (exact) mass is 359 g/mol.